The van der Waals surface area contributed by atoms with Crippen LogP contribution in [0.5, 0.6) is 5.75 Å². The number of aryl methyl sites for hydroxylation is 1. The summed E-state index contributed by atoms with van der Waals surface area (Å²) >= 11 is 0. The molecular weight excluding hydrogens is 232 g/mol. The number of nitrogens with two attached hydrogens (primary N) is 1. The SMILES string of the molecule is NCCOC(=O)NCC1CCc2ccccc2O1. The first-order valence-electron chi connectivity index (χ1n) is 6.15. The van der Waals surface area contributed by atoms with Gasteiger partial charge in [-0.1, -0.05) is 18.2 Å². The summed E-state index contributed by atoms with van der Waals surface area (Å²) in [5.41, 5.74) is 6.46. The van der Waals surface area contributed by atoms with Crippen molar-refractivity contribution in [1.29, 1.82) is 0 Å². The third-order valence-corrected chi connectivity index (χ3v) is 2.83. The highest BCUT2D eigenvalue weighted by molar-refractivity contribution is 5.67. The van der Waals surface area contributed by atoms with Crippen molar-refractivity contribution >= 4 is 6.09 Å². The van der Waals surface area contributed by atoms with Gasteiger partial charge in [-0.3, -0.25) is 0 Å². The molecule has 98 valence electrons. The number of carbonyl (C=O) groups excluding carboxylic acids is 1. The fraction of sp³-hybridized carbons (Fsp3) is 0.462. The highest BCUT2D eigenvalue weighted by Crippen LogP contribution is 2.26. The van der Waals surface area contributed by atoms with Gasteiger partial charge in [-0.05, 0) is 24.5 Å². The molecule has 5 nitrogen and oxygen atoms in total. The summed E-state index contributed by atoms with van der Waals surface area (Å²) in [6, 6.07) is 7.97. The Kier molecular flexibility index (Phi) is 4.41. The molecule has 1 aromatic rings. The van der Waals surface area contributed by atoms with Crippen molar-refractivity contribution in [2.45, 2.75) is 18.9 Å². The van der Waals surface area contributed by atoms with E-state index in [-0.39, 0.29) is 12.7 Å². The average Bonchev–Trinajstić information content (AvgIpc) is 2.42. The van der Waals surface area contributed by atoms with Gasteiger partial charge in [-0.15, -0.1) is 0 Å². The maximum atomic E-state index is 11.2. The third-order valence-electron chi connectivity index (χ3n) is 2.83. The molecule has 1 amide bonds. The molecule has 5 heteroatoms. The summed E-state index contributed by atoms with van der Waals surface area (Å²) < 4.78 is 10.6. The standard InChI is InChI=1S/C13H18N2O3/c14-7-8-17-13(16)15-9-11-6-5-10-3-1-2-4-12(10)18-11/h1-4,11H,5-9,14H2,(H,15,16). The van der Waals surface area contributed by atoms with Crippen LogP contribution in [0.2, 0.25) is 0 Å². The van der Waals surface area contributed by atoms with Gasteiger partial charge in [0.05, 0.1) is 6.54 Å². The van der Waals surface area contributed by atoms with E-state index >= 15 is 0 Å². The van der Waals surface area contributed by atoms with Gasteiger partial charge in [0.25, 0.3) is 0 Å². The van der Waals surface area contributed by atoms with Crippen molar-refractivity contribution in [1.82, 2.24) is 5.32 Å². The fourth-order valence-electron chi connectivity index (χ4n) is 1.92. The van der Waals surface area contributed by atoms with Crippen LogP contribution < -0.4 is 15.8 Å². The Morgan fingerprint density at radius 3 is 3.17 bits per heavy atom. The van der Waals surface area contributed by atoms with Crippen LogP contribution in [0.1, 0.15) is 12.0 Å². The maximum Gasteiger partial charge on any atom is 0.407 e. The molecule has 0 saturated heterocycles. The summed E-state index contributed by atoms with van der Waals surface area (Å²) in [7, 11) is 0. The van der Waals surface area contributed by atoms with E-state index in [0.717, 1.165) is 18.6 Å². The molecule has 1 aliphatic heterocycles. The van der Waals surface area contributed by atoms with Gasteiger partial charge in [0.15, 0.2) is 0 Å². The second-order valence-electron chi connectivity index (χ2n) is 4.19. The van der Waals surface area contributed by atoms with E-state index in [1.807, 2.05) is 18.2 Å². The van der Waals surface area contributed by atoms with Gasteiger partial charge in [0, 0.05) is 6.54 Å². The van der Waals surface area contributed by atoms with Crippen molar-refractivity contribution in [3.05, 3.63) is 29.8 Å². The molecule has 3 N–H and O–H groups in total. The number of hydrogen-bond donors (Lipinski definition) is 2. The molecule has 1 atom stereocenters. The second-order valence-corrected chi connectivity index (χ2v) is 4.19. The number of amides is 1. The number of benzene rings is 1. The molecule has 1 aliphatic rings. The number of nitrogens with one attached hydrogen (secondary N) is 1. The van der Waals surface area contributed by atoms with Crippen molar-refractivity contribution in [3.8, 4) is 5.75 Å². The molecule has 0 fully saturated rings. The van der Waals surface area contributed by atoms with Gasteiger partial charge >= 0.3 is 6.09 Å². The Hall–Kier alpha value is -1.75. The smallest absolute Gasteiger partial charge is 0.407 e. The first-order chi connectivity index (χ1) is 8.79. The highest BCUT2D eigenvalue weighted by atomic mass is 16.5. The predicted octanol–water partition coefficient (Wildman–Crippen LogP) is 1.07. The fourth-order valence-corrected chi connectivity index (χ4v) is 1.92. The van der Waals surface area contributed by atoms with Crippen LogP contribution in [0.25, 0.3) is 0 Å². The Bertz CT molecular complexity index is 409. The van der Waals surface area contributed by atoms with Crippen LogP contribution in [-0.2, 0) is 11.2 Å². The van der Waals surface area contributed by atoms with Crippen molar-refractivity contribution in [2.75, 3.05) is 19.7 Å². The maximum absolute atomic E-state index is 11.2. The van der Waals surface area contributed by atoms with E-state index in [0.29, 0.717) is 13.1 Å². The lowest BCUT2D eigenvalue weighted by Crippen LogP contribution is -2.38. The van der Waals surface area contributed by atoms with Gasteiger partial charge in [-0.2, -0.15) is 0 Å². The van der Waals surface area contributed by atoms with Crippen LogP contribution in [0.4, 0.5) is 4.79 Å². The minimum atomic E-state index is -0.442. The monoisotopic (exact) mass is 250 g/mol. The summed E-state index contributed by atoms with van der Waals surface area (Å²) in [4.78, 5) is 11.2. The number of rotatable bonds is 4. The molecular formula is C13H18N2O3. The predicted molar refractivity (Wildman–Crippen MR) is 67.6 cm³/mol. The average molecular weight is 250 g/mol. The van der Waals surface area contributed by atoms with Crippen molar-refractivity contribution in [3.63, 3.8) is 0 Å². The van der Waals surface area contributed by atoms with Gasteiger partial charge in [0.2, 0.25) is 0 Å². The number of hydrogen-bond acceptors (Lipinski definition) is 4. The van der Waals surface area contributed by atoms with E-state index in [2.05, 4.69) is 11.4 Å². The Morgan fingerprint density at radius 2 is 2.33 bits per heavy atom. The molecule has 0 bridgehead atoms. The zero-order valence-electron chi connectivity index (χ0n) is 10.2. The Balaban J connectivity index is 1.78. The first kappa shape index (κ1) is 12.7. The van der Waals surface area contributed by atoms with E-state index in [9.17, 15) is 4.79 Å². The third kappa shape index (κ3) is 3.37. The molecule has 0 spiro atoms. The van der Waals surface area contributed by atoms with Crippen LogP contribution in [0, 0.1) is 0 Å². The normalized spacial score (nSPS) is 17.5. The van der Waals surface area contributed by atoms with Crippen molar-refractivity contribution in [2.24, 2.45) is 5.73 Å². The Labute approximate surface area is 106 Å². The molecule has 1 aromatic carbocycles. The van der Waals surface area contributed by atoms with Gasteiger partial charge in [-0.25, -0.2) is 4.79 Å². The Morgan fingerprint density at radius 1 is 1.50 bits per heavy atom. The zero-order valence-corrected chi connectivity index (χ0v) is 10.2. The summed E-state index contributed by atoms with van der Waals surface area (Å²) in [5.74, 6) is 0.908. The zero-order chi connectivity index (χ0) is 12.8. The van der Waals surface area contributed by atoms with Crippen LogP contribution >= 0.6 is 0 Å². The lowest BCUT2D eigenvalue weighted by atomic mass is 10.0. The minimum Gasteiger partial charge on any atom is -0.488 e. The lowest BCUT2D eigenvalue weighted by molar-refractivity contribution is 0.133. The molecule has 0 radical (unpaired) electrons. The number of carbonyl (C=O) groups is 1. The second kappa shape index (κ2) is 6.26. The minimum absolute atomic E-state index is 0.00493. The van der Waals surface area contributed by atoms with Gasteiger partial charge in [0.1, 0.15) is 18.5 Å². The molecule has 2 rings (SSSR count). The van der Waals surface area contributed by atoms with E-state index in [1.54, 1.807) is 0 Å². The van der Waals surface area contributed by atoms with Crippen LogP contribution in [0.3, 0.4) is 0 Å². The number of fused-ring (bicyclic) bond motifs is 1. The molecule has 0 saturated carbocycles. The molecule has 0 aromatic heterocycles. The number of alkyl carbamates (subject to hydrolysis) is 1. The van der Waals surface area contributed by atoms with E-state index in [1.165, 1.54) is 5.56 Å². The highest BCUT2D eigenvalue weighted by Gasteiger charge is 2.19. The summed E-state index contributed by atoms with van der Waals surface area (Å²) in [5, 5.41) is 2.68. The molecule has 18 heavy (non-hydrogen) atoms. The van der Waals surface area contributed by atoms with E-state index < -0.39 is 6.09 Å². The van der Waals surface area contributed by atoms with Crippen molar-refractivity contribution < 1.29 is 14.3 Å². The topological polar surface area (TPSA) is 73.6 Å². The number of para-hydroxylation sites is 1. The largest absolute Gasteiger partial charge is 0.488 e. The summed E-state index contributed by atoms with van der Waals surface area (Å²) in [6.45, 7) is 1.03. The van der Waals surface area contributed by atoms with Gasteiger partial charge < -0.3 is 20.5 Å². The quantitative estimate of drug-likeness (QED) is 0.838. The van der Waals surface area contributed by atoms with E-state index in [4.69, 9.17) is 15.2 Å². The van der Waals surface area contributed by atoms with Crippen LogP contribution in [0.15, 0.2) is 24.3 Å². The molecule has 1 heterocycles. The number of ether oxygens (including phenoxy) is 2. The summed E-state index contributed by atoms with van der Waals surface area (Å²) in [6.07, 6.45) is 1.43. The molecule has 0 aliphatic carbocycles. The first-order valence-corrected chi connectivity index (χ1v) is 6.15. The van der Waals surface area contributed by atoms with Crippen LogP contribution in [-0.4, -0.2) is 31.9 Å². The lowest BCUT2D eigenvalue weighted by Gasteiger charge is -2.26. The molecule has 1 unspecified atom stereocenters.